The first-order valence-corrected chi connectivity index (χ1v) is 4.60. The number of rotatable bonds is 4. The number of halogens is 1. The molecule has 0 N–H and O–H groups in total. The van der Waals surface area contributed by atoms with Crippen LogP contribution in [0.5, 0.6) is 0 Å². The summed E-state index contributed by atoms with van der Waals surface area (Å²) in [5.74, 6) is -1.25. The standard InChI is InChI=1S/C8H11IO4/c1-4-5-13-7(11)8(2,9)6(10)12-3/h4H,1,5H2,2-3H3. The molecule has 0 aliphatic rings. The van der Waals surface area contributed by atoms with Gasteiger partial charge < -0.3 is 9.47 Å². The van der Waals surface area contributed by atoms with Gasteiger partial charge in [0.05, 0.1) is 7.11 Å². The number of carbonyl (C=O) groups is 2. The Morgan fingerprint density at radius 1 is 1.54 bits per heavy atom. The van der Waals surface area contributed by atoms with E-state index < -0.39 is 15.4 Å². The zero-order chi connectivity index (χ0) is 10.5. The van der Waals surface area contributed by atoms with Crippen LogP contribution in [0.15, 0.2) is 12.7 Å². The van der Waals surface area contributed by atoms with Crippen LogP contribution in [0, 0.1) is 0 Å². The summed E-state index contributed by atoms with van der Waals surface area (Å²) in [6, 6.07) is 0. The zero-order valence-corrected chi connectivity index (χ0v) is 9.66. The number of hydrogen-bond acceptors (Lipinski definition) is 4. The number of alkyl halides is 1. The van der Waals surface area contributed by atoms with E-state index in [-0.39, 0.29) is 6.61 Å². The van der Waals surface area contributed by atoms with Crippen molar-refractivity contribution in [3.05, 3.63) is 12.7 Å². The largest absolute Gasteiger partial charge is 0.468 e. The smallest absolute Gasteiger partial charge is 0.333 e. The maximum atomic E-state index is 11.2. The lowest BCUT2D eigenvalue weighted by Gasteiger charge is -2.16. The van der Waals surface area contributed by atoms with Crippen molar-refractivity contribution in [3.8, 4) is 0 Å². The minimum atomic E-state index is -1.28. The molecule has 0 bridgehead atoms. The van der Waals surface area contributed by atoms with E-state index in [1.54, 1.807) is 22.6 Å². The molecule has 0 rings (SSSR count). The molecule has 4 nitrogen and oxygen atoms in total. The van der Waals surface area contributed by atoms with Crippen LogP contribution < -0.4 is 0 Å². The highest BCUT2D eigenvalue weighted by Gasteiger charge is 2.41. The van der Waals surface area contributed by atoms with Crippen molar-refractivity contribution in [1.82, 2.24) is 0 Å². The number of carbonyl (C=O) groups excluding carboxylic acids is 2. The van der Waals surface area contributed by atoms with Crippen molar-refractivity contribution in [2.45, 2.75) is 10.3 Å². The highest BCUT2D eigenvalue weighted by molar-refractivity contribution is 14.1. The molecule has 0 aromatic carbocycles. The summed E-state index contributed by atoms with van der Waals surface area (Å²) in [4.78, 5) is 22.3. The molecule has 0 aromatic heterocycles. The normalized spacial score (nSPS) is 14.1. The Balaban J connectivity index is 4.35. The van der Waals surface area contributed by atoms with Crippen LogP contribution in [0.1, 0.15) is 6.92 Å². The van der Waals surface area contributed by atoms with Gasteiger partial charge in [-0.25, -0.2) is 9.59 Å². The molecular formula is C8H11IO4. The van der Waals surface area contributed by atoms with Gasteiger partial charge in [0.25, 0.3) is 0 Å². The van der Waals surface area contributed by atoms with Gasteiger partial charge in [-0.15, -0.1) is 0 Å². The van der Waals surface area contributed by atoms with Crippen LogP contribution in [0.25, 0.3) is 0 Å². The van der Waals surface area contributed by atoms with Crippen LogP contribution in [0.4, 0.5) is 0 Å². The molecule has 0 heterocycles. The van der Waals surface area contributed by atoms with Crippen molar-refractivity contribution < 1.29 is 19.1 Å². The van der Waals surface area contributed by atoms with Crippen molar-refractivity contribution >= 4 is 34.5 Å². The Morgan fingerprint density at radius 2 is 2.08 bits per heavy atom. The lowest BCUT2D eigenvalue weighted by atomic mass is 10.2. The third kappa shape index (κ3) is 3.33. The summed E-state index contributed by atoms with van der Waals surface area (Å²) in [5.41, 5.74) is 0. The first-order valence-electron chi connectivity index (χ1n) is 3.52. The van der Waals surface area contributed by atoms with Crippen molar-refractivity contribution in [1.29, 1.82) is 0 Å². The molecule has 0 spiro atoms. The number of esters is 2. The predicted octanol–water partition coefficient (Wildman–Crippen LogP) is 1.08. The molecule has 74 valence electrons. The maximum absolute atomic E-state index is 11.2. The van der Waals surface area contributed by atoms with Crippen LogP contribution in [0.3, 0.4) is 0 Å². The van der Waals surface area contributed by atoms with Crippen LogP contribution >= 0.6 is 22.6 Å². The van der Waals surface area contributed by atoms with Gasteiger partial charge in [-0.1, -0.05) is 35.2 Å². The van der Waals surface area contributed by atoms with Crippen molar-refractivity contribution in [2.24, 2.45) is 0 Å². The SMILES string of the molecule is C=CCOC(=O)C(C)(I)C(=O)OC. The fourth-order valence-corrected chi connectivity index (χ4v) is 0.921. The second-order valence-corrected chi connectivity index (χ2v) is 4.54. The molecule has 5 heteroatoms. The van der Waals surface area contributed by atoms with E-state index in [4.69, 9.17) is 4.74 Å². The van der Waals surface area contributed by atoms with E-state index in [9.17, 15) is 9.59 Å². The number of hydrogen-bond donors (Lipinski definition) is 0. The lowest BCUT2D eigenvalue weighted by Crippen LogP contribution is -2.39. The van der Waals surface area contributed by atoms with Gasteiger partial charge in [0, 0.05) is 0 Å². The van der Waals surface area contributed by atoms with Gasteiger partial charge in [-0.2, -0.15) is 0 Å². The van der Waals surface area contributed by atoms with E-state index >= 15 is 0 Å². The van der Waals surface area contributed by atoms with Crippen molar-refractivity contribution in [3.63, 3.8) is 0 Å². The van der Waals surface area contributed by atoms with Crippen LogP contribution in [0.2, 0.25) is 0 Å². The van der Waals surface area contributed by atoms with E-state index in [2.05, 4.69) is 11.3 Å². The molecule has 0 aliphatic carbocycles. The summed E-state index contributed by atoms with van der Waals surface area (Å²) in [6.45, 7) is 4.91. The molecule has 0 saturated carbocycles. The highest BCUT2D eigenvalue weighted by atomic mass is 127. The average Bonchev–Trinajstić information content (AvgIpc) is 2.12. The summed E-state index contributed by atoms with van der Waals surface area (Å²) < 4.78 is 7.87. The molecular weight excluding hydrogens is 287 g/mol. The molecule has 0 radical (unpaired) electrons. The summed E-state index contributed by atoms with van der Waals surface area (Å²) >= 11 is 1.68. The molecule has 1 unspecified atom stereocenters. The highest BCUT2D eigenvalue weighted by Crippen LogP contribution is 2.21. The first kappa shape index (κ1) is 12.4. The van der Waals surface area contributed by atoms with Crippen LogP contribution in [-0.4, -0.2) is 29.1 Å². The Morgan fingerprint density at radius 3 is 2.46 bits per heavy atom. The predicted molar refractivity (Wildman–Crippen MR) is 55.6 cm³/mol. The molecule has 1 atom stereocenters. The van der Waals surface area contributed by atoms with E-state index in [1.165, 1.54) is 20.1 Å². The molecule has 0 aromatic rings. The fourth-order valence-electron chi connectivity index (χ4n) is 0.545. The molecule has 13 heavy (non-hydrogen) atoms. The van der Waals surface area contributed by atoms with Gasteiger partial charge >= 0.3 is 11.9 Å². The van der Waals surface area contributed by atoms with E-state index in [0.717, 1.165) is 0 Å². The minimum Gasteiger partial charge on any atom is -0.468 e. The summed E-state index contributed by atoms with van der Waals surface area (Å²) in [5, 5.41) is 0. The zero-order valence-electron chi connectivity index (χ0n) is 7.50. The third-order valence-electron chi connectivity index (χ3n) is 1.28. The van der Waals surface area contributed by atoms with E-state index in [1.807, 2.05) is 0 Å². The topological polar surface area (TPSA) is 52.6 Å². The Bertz CT molecular complexity index is 222. The Hall–Kier alpha value is -0.590. The van der Waals surface area contributed by atoms with Gasteiger partial charge in [0.15, 0.2) is 0 Å². The summed E-state index contributed by atoms with van der Waals surface area (Å²) in [7, 11) is 1.22. The van der Waals surface area contributed by atoms with Gasteiger partial charge in [-0.3, -0.25) is 0 Å². The van der Waals surface area contributed by atoms with Crippen LogP contribution in [-0.2, 0) is 19.1 Å². The third-order valence-corrected chi connectivity index (χ3v) is 2.17. The Labute approximate surface area is 90.4 Å². The molecule has 0 fully saturated rings. The number of ether oxygens (including phenoxy) is 2. The first-order chi connectivity index (χ1) is 5.96. The Kier molecular flexibility index (Phi) is 4.97. The molecule has 0 amide bonds. The maximum Gasteiger partial charge on any atom is 0.333 e. The minimum absolute atomic E-state index is 0.0917. The van der Waals surface area contributed by atoms with Crippen molar-refractivity contribution in [2.75, 3.05) is 13.7 Å². The van der Waals surface area contributed by atoms with Gasteiger partial charge in [-0.05, 0) is 6.92 Å². The average molecular weight is 298 g/mol. The fraction of sp³-hybridized carbons (Fsp3) is 0.500. The second kappa shape index (κ2) is 5.21. The molecule has 0 saturated heterocycles. The lowest BCUT2D eigenvalue weighted by molar-refractivity contribution is -0.155. The quantitative estimate of drug-likeness (QED) is 0.256. The van der Waals surface area contributed by atoms with Gasteiger partial charge in [0.1, 0.15) is 6.61 Å². The second-order valence-electron chi connectivity index (χ2n) is 2.38. The van der Waals surface area contributed by atoms with E-state index in [0.29, 0.717) is 0 Å². The monoisotopic (exact) mass is 298 g/mol. The number of methoxy groups -OCH3 is 1. The van der Waals surface area contributed by atoms with Gasteiger partial charge in [0.2, 0.25) is 3.42 Å². The summed E-state index contributed by atoms with van der Waals surface area (Å²) in [6.07, 6.45) is 1.43. The molecule has 0 aliphatic heterocycles.